The highest BCUT2D eigenvalue weighted by atomic mass is 16.4. The van der Waals surface area contributed by atoms with Gasteiger partial charge in [-0.05, 0) is 35.6 Å². The average molecular weight is 444 g/mol. The summed E-state index contributed by atoms with van der Waals surface area (Å²) in [7, 11) is 0. The summed E-state index contributed by atoms with van der Waals surface area (Å²) in [6.07, 6.45) is 3.36. The first-order valence-corrected chi connectivity index (χ1v) is 10.7. The maximum atomic E-state index is 13.0. The molecule has 0 saturated heterocycles. The van der Waals surface area contributed by atoms with Gasteiger partial charge < -0.3 is 15.5 Å². The van der Waals surface area contributed by atoms with Gasteiger partial charge in [0.05, 0.1) is 17.0 Å². The third kappa shape index (κ3) is 4.77. The van der Waals surface area contributed by atoms with Crippen molar-refractivity contribution >= 4 is 17.8 Å². The van der Waals surface area contributed by atoms with Crippen LogP contribution in [0.1, 0.15) is 52.0 Å². The van der Waals surface area contributed by atoms with E-state index >= 15 is 0 Å². The highest BCUT2D eigenvalue weighted by Gasteiger charge is 2.56. The number of nitrogens with one attached hydrogen (secondary N) is 1. The van der Waals surface area contributed by atoms with Crippen molar-refractivity contribution in [3.63, 3.8) is 0 Å². The van der Waals surface area contributed by atoms with Gasteiger partial charge in [0.25, 0.3) is 5.91 Å². The van der Waals surface area contributed by atoms with Gasteiger partial charge in [0.2, 0.25) is 0 Å². The van der Waals surface area contributed by atoms with Crippen molar-refractivity contribution in [2.75, 3.05) is 0 Å². The van der Waals surface area contributed by atoms with Gasteiger partial charge in [-0.25, -0.2) is 4.79 Å². The summed E-state index contributed by atoms with van der Waals surface area (Å²) in [5, 5.41) is 21.6. The van der Waals surface area contributed by atoms with Crippen molar-refractivity contribution < 1.29 is 24.6 Å². The molecule has 4 rings (SSSR count). The van der Waals surface area contributed by atoms with Crippen molar-refractivity contribution in [3.8, 4) is 11.1 Å². The average Bonchev–Trinajstić information content (AvgIpc) is 3.52. The van der Waals surface area contributed by atoms with E-state index in [9.17, 15) is 24.6 Å². The minimum Gasteiger partial charge on any atom is -0.481 e. The molecule has 1 unspecified atom stereocenters. The lowest BCUT2D eigenvalue weighted by molar-refractivity contribution is -0.141. The van der Waals surface area contributed by atoms with Crippen LogP contribution in [0.25, 0.3) is 11.1 Å². The summed E-state index contributed by atoms with van der Waals surface area (Å²) < 4.78 is 0. The second-order valence-corrected chi connectivity index (χ2v) is 8.57. The third-order valence-corrected chi connectivity index (χ3v) is 6.20. The van der Waals surface area contributed by atoms with E-state index in [0.29, 0.717) is 6.42 Å². The Balaban J connectivity index is 1.57. The Kier molecular flexibility index (Phi) is 5.96. The minimum atomic E-state index is -1.17. The fourth-order valence-electron chi connectivity index (χ4n) is 4.31. The predicted octanol–water partition coefficient (Wildman–Crippen LogP) is 4.21. The summed E-state index contributed by atoms with van der Waals surface area (Å²) in [5.41, 5.74) is 2.52. The Labute approximate surface area is 191 Å². The van der Waals surface area contributed by atoms with E-state index in [1.165, 1.54) is 18.5 Å². The van der Waals surface area contributed by atoms with E-state index in [0.717, 1.165) is 16.7 Å². The number of carboxylic acids is 2. The molecule has 1 saturated carbocycles. The first-order chi connectivity index (χ1) is 15.8. The Morgan fingerprint density at radius 1 is 1.00 bits per heavy atom. The van der Waals surface area contributed by atoms with Gasteiger partial charge in [0.1, 0.15) is 0 Å². The van der Waals surface area contributed by atoms with Crippen molar-refractivity contribution in [1.29, 1.82) is 0 Å². The molecule has 1 heterocycles. The van der Waals surface area contributed by atoms with Crippen LogP contribution in [0, 0.1) is 5.92 Å². The maximum absolute atomic E-state index is 13.0. The van der Waals surface area contributed by atoms with E-state index < -0.39 is 29.3 Å². The molecule has 3 aromatic rings. The molecule has 2 aromatic carbocycles. The number of hydrogen-bond donors (Lipinski definition) is 3. The van der Waals surface area contributed by atoms with Crippen LogP contribution in [0.2, 0.25) is 0 Å². The fraction of sp³-hybridized carbons (Fsp3) is 0.231. The van der Waals surface area contributed by atoms with Crippen LogP contribution in [0.4, 0.5) is 0 Å². The van der Waals surface area contributed by atoms with E-state index in [-0.39, 0.29) is 23.5 Å². The summed E-state index contributed by atoms with van der Waals surface area (Å²) in [6, 6.07) is 19.3. The molecular weight excluding hydrogens is 420 g/mol. The van der Waals surface area contributed by atoms with Gasteiger partial charge >= 0.3 is 11.9 Å². The van der Waals surface area contributed by atoms with Crippen LogP contribution in [-0.2, 0) is 4.79 Å². The smallest absolute Gasteiger partial charge is 0.337 e. The zero-order valence-electron chi connectivity index (χ0n) is 18.1. The number of aromatic nitrogens is 1. The zero-order valence-corrected chi connectivity index (χ0v) is 18.1. The Morgan fingerprint density at radius 3 is 2.27 bits per heavy atom. The molecule has 1 aliphatic rings. The maximum Gasteiger partial charge on any atom is 0.337 e. The summed E-state index contributed by atoms with van der Waals surface area (Å²) >= 11 is 0. The molecule has 168 valence electrons. The molecule has 1 amide bonds. The number of carbonyl (C=O) groups is 3. The lowest BCUT2D eigenvalue weighted by Crippen LogP contribution is -2.40. The molecule has 7 heteroatoms. The fourth-order valence-corrected chi connectivity index (χ4v) is 4.31. The summed E-state index contributed by atoms with van der Waals surface area (Å²) in [6.45, 7) is 1.62. The highest BCUT2D eigenvalue weighted by Crippen LogP contribution is 2.55. The number of aromatic carboxylic acids is 1. The molecule has 0 spiro atoms. The molecule has 7 nitrogen and oxygen atoms in total. The normalized spacial score (nSPS) is 20.0. The number of nitrogens with zero attached hydrogens (tertiary/aromatic N) is 1. The van der Waals surface area contributed by atoms with E-state index in [1.54, 1.807) is 6.92 Å². The predicted molar refractivity (Wildman–Crippen MR) is 122 cm³/mol. The molecule has 1 aromatic heterocycles. The number of carboxylic acid groups (broad SMARTS) is 2. The summed E-state index contributed by atoms with van der Waals surface area (Å²) in [4.78, 5) is 39.6. The molecule has 1 fully saturated rings. The van der Waals surface area contributed by atoms with Crippen LogP contribution in [0.5, 0.6) is 0 Å². The molecule has 3 N–H and O–H groups in total. The molecule has 0 bridgehead atoms. The Hall–Kier alpha value is -4.00. The van der Waals surface area contributed by atoms with Crippen LogP contribution in [0.3, 0.4) is 0 Å². The van der Waals surface area contributed by atoms with Gasteiger partial charge in [0.15, 0.2) is 0 Å². The highest BCUT2D eigenvalue weighted by molar-refractivity contribution is 5.97. The van der Waals surface area contributed by atoms with Crippen molar-refractivity contribution in [3.05, 3.63) is 89.7 Å². The molecule has 1 aliphatic carbocycles. The monoisotopic (exact) mass is 444 g/mol. The molecular formula is C26H24N2O5. The van der Waals surface area contributed by atoms with E-state index in [1.807, 2.05) is 54.6 Å². The molecule has 0 radical (unpaired) electrons. The van der Waals surface area contributed by atoms with E-state index in [2.05, 4.69) is 10.3 Å². The van der Waals surface area contributed by atoms with Crippen LogP contribution >= 0.6 is 0 Å². The SMILES string of the molecule is C[C@H](CC1(NC(=O)c2cncc(C(=O)O)c2)C[C@H]1c1ccc(-c2ccccc2)cc1)C(=O)O. The van der Waals surface area contributed by atoms with Crippen LogP contribution < -0.4 is 5.32 Å². The first-order valence-electron chi connectivity index (χ1n) is 10.7. The zero-order chi connectivity index (χ0) is 23.6. The van der Waals surface area contributed by atoms with Crippen molar-refractivity contribution in [1.82, 2.24) is 10.3 Å². The number of amides is 1. The van der Waals surface area contributed by atoms with Gasteiger partial charge in [-0.1, -0.05) is 61.5 Å². The van der Waals surface area contributed by atoms with E-state index in [4.69, 9.17) is 0 Å². The van der Waals surface area contributed by atoms with Gasteiger partial charge in [-0.3, -0.25) is 14.6 Å². The molecule has 0 aliphatic heterocycles. The van der Waals surface area contributed by atoms with Crippen LogP contribution in [0.15, 0.2) is 73.1 Å². The second kappa shape index (κ2) is 8.86. The number of rotatable bonds is 8. The standard InChI is InChI=1S/C26H24N2O5/c1-16(24(30)31)12-26(28-23(29)20-11-21(25(32)33)15-27-14-20)13-22(26)19-9-7-18(8-10-19)17-5-3-2-4-6-17/h2-11,14-16,22H,12-13H2,1H3,(H,28,29)(H,30,31)(H,32,33)/t16-,22+,26?/m1/s1. The van der Waals surface area contributed by atoms with Gasteiger partial charge in [0, 0.05) is 23.9 Å². The number of hydrogen-bond acceptors (Lipinski definition) is 4. The molecule has 3 atom stereocenters. The minimum absolute atomic E-state index is 0.0383. The quantitative estimate of drug-likeness (QED) is 0.479. The second-order valence-electron chi connectivity index (χ2n) is 8.57. The first kappa shape index (κ1) is 22.2. The number of carbonyl (C=O) groups excluding carboxylic acids is 1. The Morgan fingerprint density at radius 2 is 1.64 bits per heavy atom. The van der Waals surface area contributed by atoms with Crippen molar-refractivity contribution in [2.45, 2.75) is 31.2 Å². The largest absolute Gasteiger partial charge is 0.481 e. The van der Waals surface area contributed by atoms with Gasteiger partial charge in [-0.15, -0.1) is 0 Å². The Bertz CT molecular complexity index is 1190. The lowest BCUT2D eigenvalue weighted by Gasteiger charge is -2.22. The lowest BCUT2D eigenvalue weighted by atomic mass is 9.94. The number of benzene rings is 2. The van der Waals surface area contributed by atoms with Crippen LogP contribution in [-0.4, -0.2) is 38.6 Å². The van der Waals surface area contributed by atoms with Gasteiger partial charge in [-0.2, -0.15) is 0 Å². The third-order valence-electron chi connectivity index (χ3n) is 6.20. The topological polar surface area (TPSA) is 117 Å². The summed E-state index contributed by atoms with van der Waals surface area (Å²) in [5.74, 6) is -3.25. The van der Waals surface area contributed by atoms with Crippen molar-refractivity contribution in [2.24, 2.45) is 5.92 Å². The number of pyridine rings is 1. The molecule has 33 heavy (non-hydrogen) atoms. The number of aliphatic carboxylic acids is 1.